The average Bonchev–Trinajstić information content (AvgIpc) is 2.76. The van der Waals surface area contributed by atoms with Crippen molar-refractivity contribution in [3.63, 3.8) is 0 Å². The van der Waals surface area contributed by atoms with Crippen molar-refractivity contribution in [2.24, 2.45) is 0 Å². The van der Waals surface area contributed by atoms with Gasteiger partial charge in [-0.25, -0.2) is 4.98 Å². The first-order chi connectivity index (χ1) is 14.7. The zero-order valence-corrected chi connectivity index (χ0v) is 18.1. The van der Waals surface area contributed by atoms with Crippen LogP contribution in [0, 0.1) is 0 Å². The molecule has 0 saturated heterocycles. The van der Waals surface area contributed by atoms with Gasteiger partial charge in [0.25, 0.3) is 0 Å². The third kappa shape index (κ3) is 6.67. The van der Waals surface area contributed by atoms with Crippen molar-refractivity contribution in [2.45, 2.75) is 58.5 Å². The number of phenols is 1. The predicted octanol–water partition coefficient (Wildman–Crippen LogP) is 6.78. The Morgan fingerprint density at radius 3 is 2.67 bits per heavy atom. The molecule has 4 nitrogen and oxygen atoms in total. The Bertz CT molecular complexity index is 951. The second-order valence-electron chi connectivity index (χ2n) is 7.77. The normalized spacial score (nSPS) is 12.6. The van der Waals surface area contributed by atoms with E-state index in [0.29, 0.717) is 6.10 Å². The molecule has 0 saturated carbocycles. The summed E-state index contributed by atoms with van der Waals surface area (Å²) >= 11 is 0. The van der Waals surface area contributed by atoms with E-state index in [4.69, 9.17) is 9.72 Å². The second-order valence-corrected chi connectivity index (χ2v) is 7.77. The van der Waals surface area contributed by atoms with E-state index < -0.39 is 0 Å². The summed E-state index contributed by atoms with van der Waals surface area (Å²) in [7, 11) is 0. The third-order valence-corrected chi connectivity index (χ3v) is 5.17. The van der Waals surface area contributed by atoms with Gasteiger partial charge in [-0.05, 0) is 74.6 Å². The molecule has 2 aromatic carbocycles. The molecule has 4 heteroatoms. The van der Waals surface area contributed by atoms with Crippen LogP contribution in [0.5, 0.6) is 5.75 Å². The molecule has 0 aliphatic heterocycles. The van der Waals surface area contributed by atoms with Crippen LogP contribution in [-0.4, -0.2) is 27.8 Å². The highest BCUT2D eigenvalue weighted by molar-refractivity contribution is 5.79. The average molecular weight is 405 g/mol. The number of phenolic OH excluding ortho intramolecular Hbond substituents is 1. The number of ether oxygens (including phenoxy) is 1. The maximum absolute atomic E-state index is 9.44. The van der Waals surface area contributed by atoms with Gasteiger partial charge in [0.2, 0.25) is 0 Å². The number of hydrogen-bond donors (Lipinski definition) is 1. The van der Waals surface area contributed by atoms with Crippen molar-refractivity contribution in [1.82, 2.24) is 9.97 Å². The fraction of sp³-hybridized carbons (Fsp3) is 0.385. The third-order valence-electron chi connectivity index (χ3n) is 5.17. The smallest absolute Gasteiger partial charge is 0.115 e. The highest BCUT2D eigenvalue weighted by atomic mass is 16.5. The second kappa shape index (κ2) is 11.5. The zero-order valence-electron chi connectivity index (χ0n) is 18.1. The quantitative estimate of drug-likeness (QED) is 0.358. The Labute approximate surface area is 179 Å². The van der Waals surface area contributed by atoms with E-state index in [0.717, 1.165) is 53.7 Å². The fourth-order valence-electron chi connectivity index (χ4n) is 3.37. The summed E-state index contributed by atoms with van der Waals surface area (Å²) in [6.07, 6.45) is 13.4. The van der Waals surface area contributed by atoms with E-state index in [1.165, 1.54) is 19.3 Å². The summed E-state index contributed by atoms with van der Waals surface area (Å²) in [5.41, 5.74) is 4.63. The van der Waals surface area contributed by atoms with Gasteiger partial charge in [-0.2, -0.15) is 0 Å². The summed E-state index contributed by atoms with van der Waals surface area (Å²) in [5, 5.41) is 9.44. The number of benzene rings is 2. The first kappa shape index (κ1) is 22.0. The predicted molar refractivity (Wildman–Crippen MR) is 124 cm³/mol. The van der Waals surface area contributed by atoms with Gasteiger partial charge in [0, 0.05) is 12.2 Å². The van der Waals surface area contributed by atoms with E-state index in [2.05, 4.69) is 43.1 Å². The molecule has 1 unspecified atom stereocenters. The van der Waals surface area contributed by atoms with Gasteiger partial charge in [0.15, 0.2) is 0 Å². The molecule has 30 heavy (non-hydrogen) atoms. The van der Waals surface area contributed by atoms with Gasteiger partial charge in [0.05, 0.1) is 29.0 Å². The Morgan fingerprint density at radius 2 is 1.87 bits per heavy atom. The highest BCUT2D eigenvalue weighted by Crippen LogP contribution is 2.22. The topological polar surface area (TPSA) is 55.2 Å². The first-order valence-corrected chi connectivity index (χ1v) is 11.0. The van der Waals surface area contributed by atoms with Crippen molar-refractivity contribution in [3.8, 4) is 17.0 Å². The van der Waals surface area contributed by atoms with Gasteiger partial charge in [-0.15, -0.1) is 0 Å². The Kier molecular flexibility index (Phi) is 8.40. The van der Waals surface area contributed by atoms with Gasteiger partial charge in [-0.1, -0.05) is 38.0 Å². The molecule has 3 aromatic rings. The van der Waals surface area contributed by atoms with Gasteiger partial charge >= 0.3 is 0 Å². The number of nitrogens with zero attached hydrogens (tertiary/aromatic N) is 2. The number of fused-ring (bicyclic) bond motifs is 1. The van der Waals surface area contributed by atoms with Crippen LogP contribution in [0.3, 0.4) is 0 Å². The zero-order chi connectivity index (χ0) is 21.2. The number of rotatable bonds is 11. The van der Waals surface area contributed by atoms with Crippen LogP contribution in [0.25, 0.3) is 28.4 Å². The van der Waals surface area contributed by atoms with Crippen molar-refractivity contribution in [1.29, 1.82) is 0 Å². The lowest BCUT2D eigenvalue weighted by Crippen LogP contribution is -2.08. The summed E-state index contributed by atoms with van der Waals surface area (Å²) in [6, 6.07) is 13.2. The van der Waals surface area contributed by atoms with Crippen LogP contribution in [0.1, 0.15) is 57.9 Å². The molecular weight excluding hydrogens is 372 g/mol. The van der Waals surface area contributed by atoms with E-state index in [-0.39, 0.29) is 5.75 Å². The van der Waals surface area contributed by atoms with Crippen molar-refractivity contribution < 1.29 is 9.84 Å². The SMILES string of the molecule is CCCCCOC(C)CCCC=Cc1ccc2nc(-c3ccc(O)cc3)cnc2c1. The molecule has 1 atom stereocenters. The van der Waals surface area contributed by atoms with Crippen LogP contribution in [0.4, 0.5) is 0 Å². The van der Waals surface area contributed by atoms with E-state index in [1.807, 2.05) is 18.2 Å². The fourth-order valence-corrected chi connectivity index (χ4v) is 3.37. The molecule has 158 valence electrons. The summed E-state index contributed by atoms with van der Waals surface area (Å²) < 4.78 is 5.85. The van der Waals surface area contributed by atoms with Crippen molar-refractivity contribution >= 4 is 17.1 Å². The number of hydrogen-bond acceptors (Lipinski definition) is 4. The molecule has 1 N–H and O–H groups in total. The first-order valence-electron chi connectivity index (χ1n) is 11.0. The number of allylic oxidation sites excluding steroid dienone is 1. The van der Waals surface area contributed by atoms with Crippen LogP contribution in [-0.2, 0) is 4.74 Å². The van der Waals surface area contributed by atoms with Crippen LogP contribution in [0.2, 0.25) is 0 Å². The Balaban J connectivity index is 1.50. The lowest BCUT2D eigenvalue weighted by Gasteiger charge is -2.12. The van der Waals surface area contributed by atoms with E-state index in [9.17, 15) is 5.11 Å². The lowest BCUT2D eigenvalue weighted by atomic mass is 10.1. The minimum Gasteiger partial charge on any atom is -0.508 e. The minimum atomic E-state index is 0.248. The van der Waals surface area contributed by atoms with Crippen molar-refractivity contribution in [3.05, 3.63) is 60.3 Å². The van der Waals surface area contributed by atoms with Crippen molar-refractivity contribution in [2.75, 3.05) is 6.61 Å². The van der Waals surface area contributed by atoms with Gasteiger partial charge < -0.3 is 9.84 Å². The van der Waals surface area contributed by atoms with E-state index >= 15 is 0 Å². The molecule has 0 aliphatic rings. The van der Waals surface area contributed by atoms with Crippen LogP contribution in [0.15, 0.2) is 54.7 Å². The summed E-state index contributed by atoms with van der Waals surface area (Å²) in [6.45, 7) is 5.27. The molecule has 3 rings (SSSR count). The Hall–Kier alpha value is -2.72. The molecule has 0 spiro atoms. The molecule has 0 aliphatic carbocycles. The minimum absolute atomic E-state index is 0.248. The highest BCUT2D eigenvalue weighted by Gasteiger charge is 2.04. The standard InChI is InChI=1S/C26H32N2O2/c1-3-4-8-17-30-20(2)9-6-5-7-10-21-11-16-24-25(18-21)27-19-26(28-24)22-12-14-23(29)15-13-22/h7,10-16,18-20,29H,3-6,8-9,17H2,1-2H3. The summed E-state index contributed by atoms with van der Waals surface area (Å²) in [4.78, 5) is 9.27. The summed E-state index contributed by atoms with van der Waals surface area (Å²) in [5.74, 6) is 0.248. The molecule has 0 radical (unpaired) electrons. The number of aromatic nitrogens is 2. The molecule has 0 amide bonds. The Morgan fingerprint density at radius 1 is 1.03 bits per heavy atom. The molecule has 1 aromatic heterocycles. The maximum atomic E-state index is 9.44. The number of aromatic hydroxyl groups is 1. The molecule has 0 fully saturated rings. The van der Waals surface area contributed by atoms with Gasteiger partial charge in [0.1, 0.15) is 5.75 Å². The lowest BCUT2D eigenvalue weighted by molar-refractivity contribution is 0.0566. The molecule has 0 bridgehead atoms. The monoisotopic (exact) mass is 404 g/mol. The molecule has 1 heterocycles. The van der Waals surface area contributed by atoms with Crippen LogP contribution < -0.4 is 0 Å². The van der Waals surface area contributed by atoms with Gasteiger partial charge in [-0.3, -0.25) is 4.98 Å². The van der Waals surface area contributed by atoms with Crippen LogP contribution >= 0.6 is 0 Å². The number of unbranched alkanes of at least 4 members (excludes halogenated alkanes) is 3. The maximum Gasteiger partial charge on any atom is 0.115 e. The molecular formula is C26H32N2O2. The van der Waals surface area contributed by atoms with E-state index in [1.54, 1.807) is 18.3 Å². The largest absolute Gasteiger partial charge is 0.508 e.